The Morgan fingerprint density at radius 3 is 2.14 bits per heavy atom. The molecule has 0 saturated heterocycles. The zero-order chi connectivity index (χ0) is 10.6. The summed E-state index contributed by atoms with van der Waals surface area (Å²) >= 11 is 0. The Kier molecular flexibility index (Phi) is 4.15. The lowest BCUT2D eigenvalue weighted by molar-refractivity contribution is 0.589. The van der Waals surface area contributed by atoms with Gasteiger partial charge in [-0.3, -0.25) is 0 Å². The summed E-state index contributed by atoms with van der Waals surface area (Å²) in [5.41, 5.74) is 2.89. The van der Waals surface area contributed by atoms with Gasteiger partial charge in [-0.2, -0.15) is 0 Å². The Balaban J connectivity index is 2.94. The van der Waals surface area contributed by atoms with Crippen LogP contribution < -0.4 is 5.32 Å². The maximum atomic E-state index is 3.46. The highest BCUT2D eigenvalue weighted by molar-refractivity contribution is 5.31. The second-order valence-corrected chi connectivity index (χ2v) is 4.06. The SMILES string of the molecule is CCNC(C)c1ccccc1C(C)C. The largest absolute Gasteiger partial charge is 0.310 e. The van der Waals surface area contributed by atoms with E-state index in [4.69, 9.17) is 0 Å². The van der Waals surface area contributed by atoms with Gasteiger partial charge in [0.25, 0.3) is 0 Å². The van der Waals surface area contributed by atoms with Crippen LogP contribution in [0.1, 0.15) is 50.8 Å². The molecule has 0 amide bonds. The molecule has 1 aromatic carbocycles. The van der Waals surface area contributed by atoms with Crippen LogP contribution >= 0.6 is 0 Å². The number of nitrogens with one attached hydrogen (secondary N) is 1. The monoisotopic (exact) mass is 191 g/mol. The number of rotatable bonds is 4. The second-order valence-electron chi connectivity index (χ2n) is 4.06. The third-order valence-electron chi connectivity index (χ3n) is 2.59. The molecule has 1 heteroatoms. The van der Waals surface area contributed by atoms with Crippen molar-refractivity contribution in [2.75, 3.05) is 6.54 Å². The van der Waals surface area contributed by atoms with Gasteiger partial charge < -0.3 is 5.32 Å². The average Bonchev–Trinajstić information content (AvgIpc) is 2.18. The Morgan fingerprint density at radius 1 is 1.07 bits per heavy atom. The van der Waals surface area contributed by atoms with E-state index in [1.807, 2.05) is 0 Å². The molecule has 0 aliphatic carbocycles. The van der Waals surface area contributed by atoms with Gasteiger partial charge in [0.2, 0.25) is 0 Å². The Hall–Kier alpha value is -0.820. The lowest BCUT2D eigenvalue weighted by atomic mass is 9.93. The maximum Gasteiger partial charge on any atom is 0.0294 e. The van der Waals surface area contributed by atoms with Gasteiger partial charge in [0.05, 0.1) is 0 Å². The zero-order valence-corrected chi connectivity index (χ0v) is 9.67. The summed E-state index contributed by atoms with van der Waals surface area (Å²) < 4.78 is 0. The van der Waals surface area contributed by atoms with Gasteiger partial charge in [-0.15, -0.1) is 0 Å². The molecule has 14 heavy (non-hydrogen) atoms. The van der Waals surface area contributed by atoms with Crippen molar-refractivity contribution in [3.63, 3.8) is 0 Å². The van der Waals surface area contributed by atoms with Gasteiger partial charge in [-0.1, -0.05) is 45.0 Å². The van der Waals surface area contributed by atoms with Crippen LogP contribution in [0.2, 0.25) is 0 Å². The predicted molar refractivity (Wildman–Crippen MR) is 62.6 cm³/mol. The Morgan fingerprint density at radius 2 is 1.64 bits per heavy atom. The van der Waals surface area contributed by atoms with Crippen molar-refractivity contribution in [2.24, 2.45) is 0 Å². The van der Waals surface area contributed by atoms with Gasteiger partial charge in [-0.25, -0.2) is 0 Å². The van der Waals surface area contributed by atoms with E-state index in [-0.39, 0.29) is 0 Å². The molecule has 78 valence electrons. The average molecular weight is 191 g/mol. The summed E-state index contributed by atoms with van der Waals surface area (Å²) in [6.45, 7) is 9.89. The molecule has 1 rings (SSSR count). The first-order valence-corrected chi connectivity index (χ1v) is 5.49. The lowest BCUT2D eigenvalue weighted by Crippen LogP contribution is -2.19. The van der Waals surface area contributed by atoms with E-state index < -0.39 is 0 Å². The molecule has 0 radical (unpaired) electrons. The molecule has 0 spiro atoms. The number of benzene rings is 1. The van der Waals surface area contributed by atoms with E-state index in [0.717, 1.165) is 6.54 Å². The van der Waals surface area contributed by atoms with Gasteiger partial charge in [0.15, 0.2) is 0 Å². The van der Waals surface area contributed by atoms with Crippen LogP contribution in [0.25, 0.3) is 0 Å². The molecule has 0 heterocycles. The van der Waals surface area contributed by atoms with Crippen molar-refractivity contribution < 1.29 is 0 Å². The summed E-state index contributed by atoms with van der Waals surface area (Å²) in [5, 5.41) is 3.46. The first kappa shape index (κ1) is 11.3. The van der Waals surface area contributed by atoms with Gasteiger partial charge in [0.1, 0.15) is 0 Å². The molecule has 0 saturated carbocycles. The Labute approximate surface area is 87.5 Å². The standard InChI is InChI=1S/C13H21N/c1-5-14-11(4)13-9-7-6-8-12(13)10(2)3/h6-11,14H,5H2,1-4H3. The van der Waals surface area contributed by atoms with Gasteiger partial charge in [0, 0.05) is 6.04 Å². The molecule has 0 aliphatic rings. The topological polar surface area (TPSA) is 12.0 Å². The van der Waals surface area contributed by atoms with E-state index in [1.165, 1.54) is 11.1 Å². The minimum Gasteiger partial charge on any atom is -0.310 e. The molecule has 1 aromatic rings. The summed E-state index contributed by atoms with van der Waals surface area (Å²) in [6, 6.07) is 9.15. The molecule has 1 nitrogen and oxygen atoms in total. The molecule has 1 N–H and O–H groups in total. The van der Waals surface area contributed by atoms with E-state index in [0.29, 0.717) is 12.0 Å². The van der Waals surface area contributed by atoms with E-state index >= 15 is 0 Å². The molecule has 1 unspecified atom stereocenters. The summed E-state index contributed by atoms with van der Waals surface area (Å²) in [7, 11) is 0. The van der Waals surface area contributed by atoms with Gasteiger partial charge >= 0.3 is 0 Å². The van der Waals surface area contributed by atoms with Crippen molar-refractivity contribution in [3.05, 3.63) is 35.4 Å². The lowest BCUT2D eigenvalue weighted by Gasteiger charge is -2.19. The van der Waals surface area contributed by atoms with Crippen LogP contribution in [0.15, 0.2) is 24.3 Å². The zero-order valence-electron chi connectivity index (χ0n) is 9.67. The minimum atomic E-state index is 0.457. The van der Waals surface area contributed by atoms with Crippen molar-refractivity contribution >= 4 is 0 Å². The van der Waals surface area contributed by atoms with Crippen molar-refractivity contribution in [2.45, 2.75) is 39.7 Å². The van der Waals surface area contributed by atoms with Gasteiger partial charge in [-0.05, 0) is 30.5 Å². The maximum absolute atomic E-state index is 3.46. The van der Waals surface area contributed by atoms with Crippen LogP contribution in [0, 0.1) is 0 Å². The first-order chi connectivity index (χ1) is 6.66. The van der Waals surface area contributed by atoms with Crippen LogP contribution in [-0.2, 0) is 0 Å². The summed E-state index contributed by atoms with van der Waals surface area (Å²) in [6.07, 6.45) is 0. The number of hydrogen-bond acceptors (Lipinski definition) is 1. The highest BCUT2D eigenvalue weighted by Gasteiger charge is 2.10. The normalized spacial score (nSPS) is 13.2. The fraction of sp³-hybridized carbons (Fsp3) is 0.538. The third-order valence-corrected chi connectivity index (χ3v) is 2.59. The second kappa shape index (κ2) is 5.16. The summed E-state index contributed by atoms with van der Waals surface area (Å²) in [4.78, 5) is 0. The number of hydrogen-bond donors (Lipinski definition) is 1. The third kappa shape index (κ3) is 2.58. The van der Waals surface area contributed by atoms with Crippen LogP contribution in [0.3, 0.4) is 0 Å². The van der Waals surface area contributed by atoms with E-state index in [2.05, 4.69) is 57.3 Å². The predicted octanol–water partition coefficient (Wildman–Crippen LogP) is 3.48. The summed E-state index contributed by atoms with van der Waals surface area (Å²) in [5.74, 6) is 0.604. The first-order valence-electron chi connectivity index (χ1n) is 5.49. The smallest absolute Gasteiger partial charge is 0.0294 e. The van der Waals surface area contributed by atoms with E-state index in [1.54, 1.807) is 0 Å². The molecule has 1 atom stereocenters. The molecular weight excluding hydrogens is 170 g/mol. The van der Waals surface area contributed by atoms with E-state index in [9.17, 15) is 0 Å². The highest BCUT2D eigenvalue weighted by atomic mass is 14.9. The molecule has 0 bridgehead atoms. The van der Waals surface area contributed by atoms with Crippen LogP contribution in [-0.4, -0.2) is 6.54 Å². The van der Waals surface area contributed by atoms with Crippen molar-refractivity contribution in [1.29, 1.82) is 0 Å². The fourth-order valence-electron chi connectivity index (χ4n) is 1.85. The van der Waals surface area contributed by atoms with Crippen LogP contribution in [0.5, 0.6) is 0 Å². The van der Waals surface area contributed by atoms with Crippen molar-refractivity contribution in [1.82, 2.24) is 5.32 Å². The molecular formula is C13H21N. The molecule has 0 fully saturated rings. The van der Waals surface area contributed by atoms with Crippen molar-refractivity contribution in [3.8, 4) is 0 Å². The Bertz CT molecular complexity index is 278. The minimum absolute atomic E-state index is 0.457. The fourth-order valence-corrected chi connectivity index (χ4v) is 1.85. The molecule has 0 aromatic heterocycles. The molecule has 0 aliphatic heterocycles. The van der Waals surface area contributed by atoms with Crippen LogP contribution in [0.4, 0.5) is 0 Å². The quantitative estimate of drug-likeness (QED) is 0.768. The highest BCUT2D eigenvalue weighted by Crippen LogP contribution is 2.24.